The van der Waals surface area contributed by atoms with E-state index in [4.69, 9.17) is 10.2 Å². The molecule has 0 aromatic carbocycles. The second-order valence-corrected chi connectivity index (χ2v) is 12.6. The zero-order chi connectivity index (χ0) is 17.3. The van der Waals surface area contributed by atoms with E-state index in [0.717, 1.165) is 31.6 Å². The van der Waals surface area contributed by atoms with Crippen LogP contribution in [-0.2, 0) is 4.43 Å². The maximum atomic E-state index is 11.1. The molecule has 0 atom stereocenters. The van der Waals surface area contributed by atoms with Crippen LogP contribution in [0.2, 0.25) is 18.1 Å². The molecule has 2 N–H and O–H groups in total. The molecular weight excluding hydrogens is 306 g/mol. The van der Waals surface area contributed by atoms with Crippen molar-refractivity contribution in [1.29, 1.82) is 0 Å². The van der Waals surface area contributed by atoms with Gasteiger partial charge in [-0.3, -0.25) is 4.79 Å². The maximum Gasteiger partial charge on any atom is 0.267 e. The van der Waals surface area contributed by atoms with Crippen LogP contribution in [0.25, 0.3) is 0 Å². The molecule has 0 saturated carbocycles. The number of carbonyl (C=O) groups excluding carboxylic acids is 1. The van der Waals surface area contributed by atoms with Crippen molar-refractivity contribution in [3.8, 4) is 0 Å². The Morgan fingerprint density at radius 3 is 2.35 bits per heavy atom. The van der Waals surface area contributed by atoms with Crippen LogP contribution in [0.15, 0.2) is 18.3 Å². The zero-order valence-corrected chi connectivity index (χ0v) is 15.9. The number of nitrogens with zero attached hydrogens (tertiary/aromatic N) is 2. The van der Waals surface area contributed by atoms with Gasteiger partial charge in [0.2, 0.25) is 0 Å². The third-order valence-electron chi connectivity index (χ3n) is 5.07. The molecule has 6 heteroatoms. The van der Waals surface area contributed by atoms with Gasteiger partial charge in [-0.25, -0.2) is 4.98 Å². The highest BCUT2D eigenvalue weighted by atomic mass is 28.4. The van der Waals surface area contributed by atoms with Gasteiger partial charge in [0.25, 0.3) is 5.91 Å². The summed E-state index contributed by atoms with van der Waals surface area (Å²) in [5, 5.41) is 0.249. The van der Waals surface area contributed by atoms with E-state index in [-0.39, 0.29) is 5.04 Å². The number of aromatic nitrogens is 1. The molecule has 128 valence electrons. The lowest BCUT2D eigenvalue weighted by Gasteiger charge is -2.42. The number of piperidine rings is 1. The molecule has 1 aliphatic rings. The Morgan fingerprint density at radius 1 is 1.30 bits per heavy atom. The first kappa shape index (κ1) is 17.9. The summed E-state index contributed by atoms with van der Waals surface area (Å²) in [5.74, 6) is -0.488. The Hall–Kier alpha value is -1.40. The topological polar surface area (TPSA) is 68.5 Å². The molecule has 1 saturated heterocycles. The molecule has 1 aliphatic heterocycles. The molecule has 5 nitrogen and oxygen atoms in total. The molecular formula is C17H29N3O2Si. The van der Waals surface area contributed by atoms with Crippen molar-refractivity contribution >= 4 is 19.9 Å². The van der Waals surface area contributed by atoms with E-state index in [2.05, 4.69) is 43.7 Å². The first-order chi connectivity index (χ1) is 10.6. The van der Waals surface area contributed by atoms with E-state index in [1.807, 2.05) is 6.07 Å². The molecule has 2 heterocycles. The first-order valence-corrected chi connectivity index (χ1v) is 11.2. The van der Waals surface area contributed by atoms with Crippen molar-refractivity contribution < 1.29 is 9.22 Å². The predicted octanol–water partition coefficient (Wildman–Crippen LogP) is 3.17. The quantitative estimate of drug-likeness (QED) is 0.858. The Balaban J connectivity index is 1.92. The Bertz CT molecular complexity index is 544. The Kier molecular flexibility index (Phi) is 5.16. The number of hydrogen-bond acceptors (Lipinski definition) is 4. The van der Waals surface area contributed by atoms with Gasteiger partial charge in [0.15, 0.2) is 8.32 Å². The van der Waals surface area contributed by atoms with Crippen LogP contribution in [-0.4, -0.2) is 38.4 Å². The molecule has 0 unspecified atom stereocenters. The lowest BCUT2D eigenvalue weighted by Crippen LogP contribution is -2.47. The zero-order valence-electron chi connectivity index (χ0n) is 14.9. The summed E-state index contributed by atoms with van der Waals surface area (Å²) < 4.78 is 6.51. The van der Waals surface area contributed by atoms with E-state index in [1.54, 1.807) is 12.3 Å². The average Bonchev–Trinajstić information content (AvgIpc) is 2.46. The fourth-order valence-electron chi connectivity index (χ4n) is 2.54. The number of nitrogens with two attached hydrogens (primary N) is 1. The number of rotatable bonds is 4. The van der Waals surface area contributed by atoms with Crippen molar-refractivity contribution in [2.45, 2.75) is 57.8 Å². The number of amides is 1. The van der Waals surface area contributed by atoms with Gasteiger partial charge >= 0.3 is 0 Å². The largest absolute Gasteiger partial charge is 0.414 e. The second kappa shape index (κ2) is 6.61. The summed E-state index contributed by atoms with van der Waals surface area (Å²) in [7, 11) is -1.70. The van der Waals surface area contributed by atoms with Crippen LogP contribution in [0.3, 0.4) is 0 Å². The average molecular weight is 336 g/mol. The highest BCUT2D eigenvalue weighted by Gasteiger charge is 2.39. The van der Waals surface area contributed by atoms with E-state index in [0.29, 0.717) is 11.8 Å². The van der Waals surface area contributed by atoms with Gasteiger partial charge in [-0.2, -0.15) is 0 Å². The molecule has 23 heavy (non-hydrogen) atoms. The third-order valence-corrected chi connectivity index (χ3v) is 9.61. The van der Waals surface area contributed by atoms with Gasteiger partial charge in [-0.15, -0.1) is 0 Å². The number of anilines is 1. The van der Waals surface area contributed by atoms with Gasteiger partial charge < -0.3 is 15.1 Å². The van der Waals surface area contributed by atoms with Gasteiger partial charge in [0.1, 0.15) is 5.69 Å². The summed E-state index contributed by atoms with van der Waals surface area (Å²) in [5.41, 5.74) is 6.58. The van der Waals surface area contributed by atoms with E-state index in [1.165, 1.54) is 0 Å². The smallest absolute Gasteiger partial charge is 0.267 e. The number of carbonyl (C=O) groups is 1. The van der Waals surface area contributed by atoms with Crippen molar-refractivity contribution in [2.24, 2.45) is 5.73 Å². The lowest BCUT2D eigenvalue weighted by atomic mass is 10.1. The number of primary amides is 1. The molecule has 0 radical (unpaired) electrons. The fourth-order valence-corrected chi connectivity index (χ4v) is 3.97. The van der Waals surface area contributed by atoms with E-state index < -0.39 is 14.2 Å². The molecule has 1 fully saturated rings. The third kappa shape index (κ3) is 4.32. The van der Waals surface area contributed by atoms with Crippen LogP contribution in [0.5, 0.6) is 0 Å². The SMILES string of the molecule is CC(C)(C)[Si](C)(C)OC1CCN(c2ccc(C(N)=O)nc2)CC1. The minimum Gasteiger partial charge on any atom is -0.414 e. The highest BCUT2D eigenvalue weighted by Crippen LogP contribution is 2.38. The first-order valence-electron chi connectivity index (χ1n) is 8.29. The van der Waals surface area contributed by atoms with Crippen molar-refractivity contribution in [1.82, 2.24) is 4.98 Å². The molecule has 0 bridgehead atoms. The number of hydrogen-bond donors (Lipinski definition) is 1. The molecule has 1 aromatic rings. The molecule has 2 rings (SSSR count). The van der Waals surface area contributed by atoms with Gasteiger partial charge in [0, 0.05) is 19.2 Å². The van der Waals surface area contributed by atoms with Crippen LogP contribution >= 0.6 is 0 Å². The monoisotopic (exact) mass is 335 g/mol. The summed E-state index contributed by atoms with van der Waals surface area (Å²) in [4.78, 5) is 17.5. The van der Waals surface area contributed by atoms with Crippen LogP contribution < -0.4 is 10.6 Å². The van der Waals surface area contributed by atoms with Crippen LogP contribution in [0.4, 0.5) is 5.69 Å². The minimum atomic E-state index is -1.70. The van der Waals surface area contributed by atoms with Crippen molar-refractivity contribution in [3.05, 3.63) is 24.0 Å². The van der Waals surface area contributed by atoms with Gasteiger partial charge in [0.05, 0.1) is 11.9 Å². The number of pyridine rings is 1. The summed E-state index contributed by atoms with van der Waals surface area (Å²) >= 11 is 0. The second-order valence-electron chi connectivity index (χ2n) is 7.83. The van der Waals surface area contributed by atoms with Crippen LogP contribution in [0, 0.1) is 0 Å². The van der Waals surface area contributed by atoms with Crippen LogP contribution in [0.1, 0.15) is 44.1 Å². The molecule has 1 amide bonds. The fraction of sp³-hybridized carbons (Fsp3) is 0.647. The van der Waals surface area contributed by atoms with Crippen molar-refractivity contribution in [2.75, 3.05) is 18.0 Å². The van der Waals surface area contributed by atoms with E-state index in [9.17, 15) is 4.79 Å². The van der Waals surface area contributed by atoms with Crippen molar-refractivity contribution in [3.63, 3.8) is 0 Å². The van der Waals surface area contributed by atoms with Gasteiger partial charge in [-0.05, 0) is 43.1 Å². The standard InChI is InChI=1S/C17H29N3O2Si/c1-17(2,3)23(4,5)22-14-8-10-20(11-9-14)13-6-7-15(16(18)21)19-12-13/h6-7,12,14H,8-11H2,1-5H3,(H2,18,21). The predicted molar refractivity (Wildman–Crippen MR) is 96.3 cm³/mol. The Labute approximate surface area is 140 Å². The minimum absolute atomic E-state index is 0.249. The van der Waals surface area contributed by atoms with E-state index >= 15 is 0 Å². The summed E-state index contributed by atoms with van der Waals surface area (Å²) in [6.07, 6.45) is 4.15. The highest BCUT2D eigenvalue weighted by molar-refractivity contribution is 6.74. The summed E-state index contributed by atoms with van der Waals surface area (Å²) in [6.45, 7) is 13.4. The Morgan fingerprint density at radius 2 is 1.91 bits per heavy atom. The molecule has 1 aromatic heterocycles. The summed E-state index contributed by atoms with van der Waals surface area (Å²) in [6, 6.07) is 3.61. The maximum absolute atomic E-state index is 11.1. The lowest BCUT2D eigenvalue weighted by molar-refractivity contribution is 0.0995. The molecule has 0 spiro atoms. The normalized spacial score (nSPS) is 17.3. The molecule has 0 aliphatic carbocycles. The van der Waals surface area contributed by atoms with Gasteiger partial charge in [-0.1, -0.05) is 20.8 Å².